The number of hydrogen-bond acceptors (Lipinski definition) is 2. The molecule has 0 saturated carbocycles. The zero-order chi connectivity index (χ0) is 8.69. The van der Waals surface area contributed by atoms with Crippen LogP contribution in [0.15, 0.2) is 0 Å². The van der Waals surface area contributed by atoms with E-state index in [0.29, 0.717) is 0 Å². The van der Waals surface area contributed by atoms with Gasteiger partial charge in [-0.3, -0.25) is 0 Å². The first-order valence-electron chi connectivity index (χ1n) is 4.35. The molecule has 66 valence electrons. The molecular formula is C9H18O2. The number of aldehydes is 1. The second kappa shape index (κ2) is 6.35. The van der Waals surface area contributed by atoms with E-state index in [9.17, 15) is 9.90 Å². The summed E-state index contributed by atoms with van der Waals surface area (Å²) in [4.78, 5) is 10.2. The van der Waals surface area contributed by atoms with E-state index in [4.69, 9.17) is 0 Å². The quantitative estimate of drug-likeness (QED) is 0.472. The topological polar surface area (TPSA) is 37.3 Å². The molecule has 0 aromatic carbocycles. The Bertz CT molecular complexity index is 102. The van der Waals surface area contributed by atoms with E-state index in [-0.39, 0.29) is 5.92 Å². The van der Waals surface area contributed by atoms with Gasteiger partial charge in [-0.2, -0.15) is 0 Å². The summed E-state index contributed by atoms with van der Waals surface area (Å²) in [7, 11) is 0. The first-order chi connectivity index (χ1) is 5.22. The van der Waals surface area contributed by atoms with E-state index in [1.807, 2.05) is 0 Å². The van der Waals surface area contributed by atoms with Crippen LogP contribution in [0.25, 0.3) is 0 Å². The molecule has 2 nitrogen and oxygen atoms in total. The molecule has 0 aliphatic heterocycles. The Morgan fingerprint density at radius 2 is 2.09 bits per heavy atom. The maximum Gasteiger partial charge on any atom is 0.125 e. The highest BCUT2D eigenvalue weighted by molar-refractivity contribution is 5.53. The number of hydrogen-bond donors (Lipinski definition) is 1. The van der Waals surface area contributed by atoms with Crippen LogP contribution in [0.4, 0.5) is 0 Å². The fourth-order valence-electron chi connectivity index (χ4n) is 0.957. The van der Waals surface area contributed by atoms with Crippen molar-refractivity contribution >= 4 is 6.29 Å². The van der Waals surface area contributed by atoms with Crippen molar-refractivity contribution in [3.05, 3.63) is 0 Å². The van der Waals surface area contributed by atoms with Crippen LogP contribution in [0.2, 0.25) is 0 Å². The molecule has 11 heavy (non-hydrogen) atoms. The highest BCUT2D eigenvalue weighted by Gasteiger charge is 2.11. The zero-order valence-corrected chi connectivity index (χ0v) is 7.42. The van der Waals surface area contributed by atoms with Gasteiger partial charge in [0.05, 0.1) is 6.10 Å². The molecule has 0 fully saturated rings. The average Bonchev–Trinajstić information content (AvgIpc) is 2.03. The maximum absolute atomic E-state index is 10.2. The van der Waals surface area contributed by atoms with Gasteiger partial charge >= 0.3 is 0 Å². The average molecular weight is 158 g/mol. The highest BCUT2D eigenvalue weighted by atomic mass is 16.3. The fraction of sp³-hybridized carbons (Fsp3) is 0.889. The van der Waals surface area contributed by atoms with Crippen molar-refractivity contribution in [3.8, 4) is 0 Å². The molecular weight excluding hydrogens is 140 g/mol. The van der Waals surface area contributed by atoms with Crippen molar-refractivity contribution in [3.63, 3.8) is 0 Å². The van der Waals surface area contributed by atoms with E-state index in [2.05, 4.69) is 6.92 Å². The Morgan fingerprint density at radius 1 is 1.45 bits per heavy atom. The largest absolute Gasteiger partial charge is 0.392 e. The number of aliphatic hydroxyl groups is 1. The van der Waals surface area contributed by atoms with Crippen LogP contribution in [-0.2, 0) is 4.79 Å². The predicted molar refractivity (Wildman–Crippen MR) is 45.4 cm³/mol. The lowest BCUT2D eigenvalue weighted by molar-refractivity contribution is -0.113. The van der Waals surface area contributed by atoms with E-state index in [0.717, 1.165) is 32.0 Å². The Balaban J connectivity index is 3.35. The molecule has 0 aliphatic rings. The van der Waals surface area contributed by atoms with Crippen LogP contribution in [-0.4, -0.2) is 17.5 Å². The SMILES string of the molecule is CCCCC[C@@H](O)[C@H](C)C=O. The van der Waals surface area contributed by atoms with Gasteiger partial charge in [0, 0.05) is 5.92 Å². The van der Waals surface area contributed by atoms with Gasteiger partial charge in [-0.05, 0) is 6.42 Å². The first-order valence-corrected chi connectivity index (χ1v) is 4.35. The van der Waals surface area contributed by atoms with Crippen molar-refractivity contribution in [1.29, 1.82) is 0 Å². The lowest BCUT2D eigenvalue weighted by atomic mass is 10.0. The van der Waals surface area contributed by atoms with Gasteiger partial charge in [0.1, 0.15) is 6.29 Å². The van der Waals surface area contributed by atoms with Crippen molar-refractivity contribution in [2.45, 2.75) is 45.6 Å². The van der Waals surface area contributed by atoms with Crippen molar-refractivity contribution < 1.29 is 9.90 Å². The van der Waals surface area contributed by atoms with Gasteiger partial charge in [0.25, 0.3) is 0 Å². The van der Waals surface area contributed by atoms with Crippen molar-refractivity contribution in [2.75, 3.05) is 0 Å². The number of aliphatic hydroxyl groups excluding tert-OH is 1. The third-order valence-corrected chi connectivity index (χ3v) is 1.93. The second-order valence-electron chi connectivity index (χ2n) is 3.06. The van der Waals surface area contributed by atoms with E-state index >= 15 is 0 Å². The molecule has 2 atom stereocenters. The van der Waals surface area contributed by atoms with Crippen LogP contribution in [0, 0.1) is 5.92 Å². The van der Waals surface area contributed by atoms with Crippen molar-refractivity contribution in [2.24, 2.45) is 5.92 Å². The summed E-state index contributed by atoms with van der Waals surface area (Å²) in [5.74, 6) is -0.202. The third kappa shape index (κ3) is 4.96. The van der Waals surface area contributed by atoms with E-state index in [1.165, 1.54) is 0 Å². The molecule has 0 heterocycles. The normalized spacial score (nSPS) is 15.9. The molecule has 0 amide bonds. The molecule has 0 aromatic rings. The van der Waals surface area contributed by atoms with Crippen LogP contribution in [0.1, 0.15) is 39.5 Å². The monoisotopic (exact) mass is 158 g/mol. The Morgan fingerprint density at radius 3 is 2.55 bits per heavy atom. The van der Waals surface area contributed by atoms with Gasteiger partial charge < -0.3 is 9.90 Å². The smallest absolute Gasteiger partial charge is 0.125 e. The predicted octanol–water partition coefficient (Wildman–Crippen LogP) is 1.76. The molecule has 0 radical (unpaired) electrons. The molecule has 0 unspecified atom stereocenters. The lowest BCUT2D eigenvalue weighted by Gasteiger charge is -2.11. The summed E-state index contributed by atoms with van der Waals surface area (Å²) in [6.45, 7) is 3.87. The van der Waals surface area contributed by atoms with Crippen LogP contribution in [0.3, 0.4) is 0 Å². The standard InChI is InChI=1S/C9H18O2/c1-3-4-5-6-9(11)8(2)7-10/h7-9,11H,3-6H2,1-2H3/t8-,9-/m1/s1. The number of rotatable bonds is 6. The molecule has 0 aliphatic carbocycles. The maximum atomic E-state index is 10.2. The number of unbranched alkanes of at least 4 members (excludes halogenated alkanes) is 2. The van der Waals surface area contributed by atoms with Crippen molar-refractivity contribution in [1.82, 2.24) is 0 Å². The summed E-state index contributed by atoms with van der Waals surface area (Å²) in [6, 6.07) is 0. The fourth-order valence-corrected chi connectivity index (χ4v) is 0.957. The molecule has 0 rings (SSSR count). The first kappa shape index (κ1) is 10.6. The minimum atomic E-state index is -0.431. The lowest BCUT2D eigenvalue weighted by Crippen LogP contribution is -2.18. The minimum Gasteiger partial charge on any atom is -0.392 e. The molecule has 2 heteroatoms. The van der Waals surface area contributed by atoms with E-state index in [1.54, 1.807) is 6.92 Å². The molecule has 0 spiro atoms. The van der Waals surface area contributed by atoms with Gasteiger partial charge in [0.2, 0.25) is 0 Å². The Labute approximate surface area is 68.6 Å². The van der Waals surface area contributed by atoms with Gasteiger partial charge in [0.15, 0.2) is 0 Å². The Hall–Kier alpha value is -0.370. The summed E-state index contributed by atoms with van der Waals surface area (Å²) >= 11 is 0. The Kier molecular flexibility index (Phi) is 6.13. The molecule has 1 N–H and O–H groups in total. The number of carbonyl (C=O) groups is 1. The van der Waals surface area contributed by atoms with Crippen LogP contribution < -0.4 is 0 Å². The summed E-state index contributed by atoms with van der Waals surface area (Å²) in [6.07, 6.45) is 4.46. The summed E-state index contributed by atoms with van der Waals surface area (Å²) in [5.41, 5.74) is 0. The third-order valence-electron chi connectivity index (χ3n) is 1.93. The summed E-state index contributed by atoms with van der Waals surface area (Å²) in [5, 5.41) is 9.31. The second-order valence-corrected chi connectivity index (χ2v) is 3.06. The van der Waals surface area contributed by atoms with Crippen LogP contribution >= 0.6 is 0 Å². The molecule has 0 bridgehead atoms. The van der Waals surface area contributed by atoms with Gasteiger partial charge in [-0.1, -0.05) is 33.1 Å². The van der Waals surface area contributed by atoms with E-state index < -0.39 is 6.10 Å². The highest BCUT2D eigenvalue weighted by Crippen LogP contribution is 2.09. The number of carbonyl (C=O) groups excluding carboxylic acids is 1. The van der Waals surface area contributed by atoms with Gasteiger partial charge in [-0.15, -0.1) is 0 Å². The molecule has 0 saturated heterocycles. The summed E-state index contributed by atoms with van der Waals surface area (Å²) < 4.78 is 0. The molecule has 0 aromatic heterocycles. The van der Waals surface area contributed by atoms with Crippen LogP contribution in [0.5, 0.6) is 0 Å². The van der Waals surface area contributed by atoms with Gasteiger partial charge in [-0.25, -0.2) is 0 Å². The minimum absolute atomic E-state index is 0.202. The zero-order valence-electron chi connectivity index (χ0n) is 7.42.